The van der Waals surface area contributed by atoms with Crippen LogP contribution in [0.3, 0.4) is 0 Å². The fourth-order valence-electron chi connectivity index (χ4n) is 3.97. The molecule has 2 aromatic carbocycles. The van der Waals surface area contributed by atoms with Crippen molar-refractivity contribution in [1.82, 2.24) is 15.6 Å². The summed E-state index contributed by atoms with van der Waals surface area (Å²) >= 11 is 0. The zero-order chi connectivity index (χ0) is 17.6. The number of carbonyl (C=O) groups is 1. The zero-order valence-corrected chi connectivity index (χ0v) is 14.8. The summed E-state index contributed by atoms with van der Waals surface area (Å²) in [5.74, 6) is 0.0331. The minimum absolute atomic E-state index is 0.0148. The van der Waals surface area contributed by atoms with Gasteiger partial charge in [0.05, 0.1) is 12.1 Å². The lowest BCUT2D eigenvalue weighted by Gasteiger charge is -2.31. The van der Waals surface area contributed by atoms with Gasteiger partial charge in [-0.3, -0.25) is 10.1 Å². The molecule has 1 amide bonds. The number of aromatic nitrogens is 1. The van der Waals surface area contributed by atoms with Crippen LogP contribution < -0.4 is 10.6 Å². The molecule has 0 bridgehead atoms. The fraction of sp³-hybridized carbons (Fsp3) is 0.286. The third-order valence-corrected chi connectivity index (χ3v) is 5.21. The Hall–Kier alpha value is -2.59. The fourth-order valence-corrected chi connectivity index (χ4v) is 3.97. The number of para-hydroxylation sites is 1. The van der Waals surface area contributed by atoms with Gasteiger partial charge in [0.15, 0.2) is 0 Å². The average molecular weight is 333 g/mol. The summed E-state index contributed by atoms with van der Waals surface area (Å²) < 4.78 is 0. The summed E-state index contributed by atoms with van der Waals surface area (Å²) in [6.45, 7) is 4.24. The monoisotopic (exact) mass is 333 g/mol. The molecule has 0 unspecified atom stereocenters. The molecule has 4 rings (SSSR count). The first-order chi connectivity index (χ1) is 12.1. The summed E-state index contributed by atoms with van der Waals surface area (Å²) in [5.41, 5.74) is 7.24. The first kappa shape index (κ1) is 15.9. The van der Waals surface area contributed by atoms with Crippen molar-refractivity contribution in [3.05, 3.63) is 70.4 Å². The largest absolute Gasteiger partial charge is 0.358 e. The molecule has 3 N–H and O–H groups in total. The number of hydrogen-bond donors (Lipinski definition) is 3. The molecule has 0 fully saturated rings. The molecule has 0 aliphatic carbocycles. The molecule has 1 aliphatic heterocycles. The highest BCUT2D eigenvalue weighted by Gasteiger charge is 2.34. The van der Waals surface area contributed by atoms with Crippen LogP contribution in [0.4, 0.5) is 0 Å². The number of aromatic amines is 1. The maximum atomic E-state index is 12.4. The van der Waals surface area contributed by atoms with Gasteiger partial charge >= 0.3 is 0 Å². The molecule has 1 aliphatic rings. The van der Waals surface area contributed by atoms with Gasteiger partial charge < -0.3 is 10.3 Å². The Labute approximate surface area is 147 Å². The van der Waals surface area contributed by atoms with E-state index in [-0.39, 0.29) is 18.0 Å². The van der Waals surface area contributed by atoms with E-state index in [0.29, 0.717) is 6.42 Å². The number of nitrogens with one attached hydrogen (secondary N) is 3. The number of benzene rings is 2. The summed E-state index contributed by atoms with van der Waals surface area (Å²) in [6, 6.07) is 14.6. The van der Waals surface area contributed by atoms with E-state index in [1.807, 2.05) is 6.07 Å². The molecule has 0 saturated carbocycles. The molecule has 2 heterocycles. The van der Waals surface area contributed by atoms with Crippen LogP contribution in [0, 0.1) is 13.8 Å². The Bertz CT molecular complexity index is 957. The van der Waals surface area contributed by atoms with Crippen LogP contribution in [-0.2, 0) is 11.2 Å². The second-order valence-corrected chi connectivity index (χ2v) is 6.89. The van der Waals surface area contributed by atoms with Gasteiger partial charge in [0.2, 0.25) is 5.91 Å². The van der Waals surface area contributed by atoms with Gasteiger partial charge in [-0.15, -0.1) is 0 Å². The van der Waals surface area contributed by atoms with E-state index >= 15 is 0 Å². The summed E-state index contributed by atoms with van der Waals surface area (Å²) in [4.78, 5) is 16.0. The molecule has 4 heteroatoms. The van der Waals surface area contributed by atoms with E-state index < -0.39 is 0 Å². The predicted molar refractivity (Wildman–Crippen MR) is 101 cm³/mol. The van der Waals surface area contributed by atoms with E-state index in [2.05, 4.69) is 65.9 Å². The van der Waals surface area contributed by atoms with Crippen LogP contribution in [0.1, 0.15) is 34.0 Å². The van der Waals surface area contributed by atoms with Crippen LogP contribution in [-0.4, -0.2) is 24.0 Å². The van der Waals surface area contributed by atoms with Crippen LogP contribution in [0.5, 0.6) is 0 Å². The van der Waals surface area contributed by atoms with Gasteiger partial charge in [0, 0.05) is 23.6 Å². The average Bonchev–Trinajstić information content (AvgIpc) is 2.99. The molecule has 2 atom stereocenters. The molecule has 25 heavy (non-hydrogen) atoms. The number of hydrogen-bond acceptors (Lipinski definition) is 2. The van der Waals surface area contributed by atoms with Gasteiger partial charge in [-0.25, -0.2) is 0 Å². The number of rotatable bonds is 2. The number of fused-ring (bicyclic) bond motifs is 3. The highest BCUT2D eigenvalue weighted by atomic mass is 16.2. The lowest BCUT2D eigenvalue weighted by Crippen LogP contribution is -2.49. The smallest absolute Gasteiger partial charge is 0.237 e. The van der Waals surface area contributed by atoms with Crippen molar-refractivity contribution < 1.29 is 4.79 Å². The lowest BCUT2D eigenvalue weighted by atomic mass is 9.88. The Morgan fingerprint density at radius 2 is 1.96 bits per heavy atom. The molecule has 0 spiro atoms. The van der Waals surface area contributed by atoms with Crippen LogP contribution in [0.15, 0.2) is 42.5 Å². The van der Waals surface area contributed by atoms with E-state index in [1.54, 1.807) is 7.05 Å². The van der Waals surface area contributed by atoms with E-state index in [1.165, 1.54) is 33.3 Å². The Morgan fingerprint density at radius 3 is 2.72 bits per heavy atom. The van der Waals surface area contributed by atoms with E-state index in [4.69, 9.17) is 0 Å². The summed E-state index contributed by atoms with van der Waals surface area (Å²) in [6.07, 6.45) is 0.695. The first-order valence-electron chi connectivity index (χ1n) is 8.72. The highest BCUT2D eigenvalue weighted by Crippen LogP contribution is 2.36. The maximum Gasteiger partial charge on any atom is 0.237 e. The lowest BCUT2D eigenvalue weighted by molar-refractivity contribution is -0.122. The number of H-pyrrole nitrogens is 1. The quantitative estimate of drug-likeness (QED) is 0.675. The molecule has 0 radical (unpaired) electrons. The number of likely N-dealkylation sites (N-methyl/N-ethyl adjacent to an activating group) is 1. The Kier molecular flexibility index (Phi) is 3.85. The second kappa shape index (κ2) is 6.05. The summed E-state index contributed by atoms with van der Waals surface area (Å²) in [7, 11) is 1.70. The highest BCUT2D eigenvalue weighted by molar-refractivity contribution is 5.88. The molecular formula is C21H23N3O. The molecule has 4 nitrogen and oxygen atoms in total. The minimum atomic E-state index is -0.234. The third-order valence-electron chi connectivity index (χ3n) is 5.21. The second-order valence-electron chi connectivity index (χ2n) is 6.89. The standard InChI is InChI=1S/C21H23N3O/c1-12-8-9-14(13(2)10-12)19-20-16(11-18(24-19)21(25)22-3)15-6-4-5-7-17(15)23-20/h4-10,18-19,23-24H,11H2,1-3H3,(H,22,25)/t18-,19-/m0/s1. The number of amides is 1. The molecule has 0 saturated heterocycles. The molecular weight excluding hydrogens is 310 g/mol. The molecule has 128 valence electrons. The summed E-state index contributed by atoms with van der Waals surface area (Å²) in [5, 5.41) is 7.56. The Balaban J connectivity index is 1.90. The van der Waals surface area contributed by atoms with Gasteiger partial charge in [-0.2, -0.15) is 0 Å². The predicted octanol–water partition coefficient (Wildman–Crippen LogP) is 3.13. The zero-order valence-electron chi connectivity index (χ0n) is 14.8. The van der Waals surface area contributed by atoms with Crippen molar-refractivity contribution in [3.63, 3.8) is 0 Å². The molecule has 1 aromatic heterocycles. The van der Waals surface area contributed by atoms with Crippen molar-refractivity contribution in [3.8, 4) is 0 Å². The first-order valence-corrected chi connectivity index (χ1v) is 8.72. The third kappa shape index (κ3) is 2.63. The van der Waals surface area contributed by atoms with Gasteiger partial charge in [-0.05, 0) is 43.0 Å². The minimum Gasteiger partial charge on any atom is -0.358 e. The van der Waals surface area contributed by atoms with Gasteiger partial charge in [0.1, 0.15) is 0 Å². The van der Waals surface area contributed by atoms with Crippen molar-refractivity contribution in [2.75, 3.05) is 7.05 Å². The number of carbonyl (C=O) groups excluding carboxylic acids is 1. The van der Waals surface area contributed by atoms with Crippen LogP contribution in [0.2, 0.25) is 0 Å². The SMILES string of the molecule is CNC(=O)[C@@H]1Cc2c([nH]c3ccccc23)[C@H](c2ccc(C)cc2C)N1. The van der Waals surface area contributed by atoms with Crippen molar-refractivity contribution >= 4 is 16.8 Å². The topological polar surface area (TPSA) is 56.9 Å². The van der Waals surface area contributed by atoms with E-state index in [0.717, 1.165) is 5.52 Å². The Morgan fingerprint density at radius 1 is 1.16 bits per heavy atom. The van der Waals surface area contributed by atoms with Crippen molar-refractivity contribution in [1.29, 1.82) is 0 Å². The van der Waals surface area contributed by atoms with Crippen molar-refractivity contribution in [2.45, 2.75) is 32.4 Å². The molecule has 3 aromatic rings. The van der Waals surface area contributed by atoms with Gasteiger partial charge in [0.25, 0.3) is 0 Å². The van der Waals surface area contributed by atoms with Crippen molar-refractivity contribution in [2.24, 2.45) is 0 Å². The van der Waals surface area contributed by atoms with E-state index in [9.17, 15) is 4.79 Å². The van der Waals surface area contributed by atoms with Gasteiger partial charge in [-0.1, -0.05) is 42.0 Å². The maximum absolute atomic E-state index is 12.4. The van der Waals surface area contributed by atoms with Crippen LogP contribution in [0.25, 0.3) is 10.9 Å². The normalized spacial score (nSPS) is 19.6. The van der Waals surface area contributed by atoms with Crippen LogP contribution >= 0.6 is 0 Å². The number of aryl methyl sites for hydroxylation is 2.